The molecule has 0 amide bonds. The van der Waals surface area contributed by atoms with Crippen molar-refractivity contribution in [2.45, 2.75) is 19.4 Å². The molecule has 3 heteroatoms. The van der Waals surface area contributed by atoms with E-state index in [0.717, 1.165) is 46.9 Å². The van der Waals surface area contributed by atoms with Gasteiger partial charge in [0, 0.05) is 17.1 Å². The average Bonchev–Trinajstić information content (AvgIpc) is 2.47. The summed E-state index contributed by atoms with van der Waals surface area (Å²) in [5.74, 6) is 1.01. The normalized spacial score (nSPS) is 13.8. The van der Waals surface area contributed by atoms with Gasteiger partial charge in [-0.25, -0.2) is 0 Å². The first-order chi connectivity index (χ1) is 9.29. The summed E-state index contributed by atoms with van der Waals surface area (Å²) in [6.07, 6.45) is 2.17. The van der Waals surface area contributed by atoms with Crippen LogP contribution in [0.15, 0.2) is 36.4 Å². The molecule has 1 heterocycles. The van der Waals surface area contributed by atoms with E-state index in [0.29, 0.717) is 6.54 Å². The van der Waals surface area contributed by atoms with Gasteiger partial charge in [-0.05, 0) is 41.7 Å². The van der Waals surface area contributed by atoms with E-state index < -0.39 is 0 Å². The van der Waals surface area contributed by atoms with Gasteiger partial charge in [0.1, 0.15) is 5.75 Å². The topological polar surface area (TPSA) is 35.2 Å². The van der Waals surface area contributed by atoms with Crippen molar-refractivity contribution in [2.75, 3.05) is 6.61 Å². The molecule has 0 bridgehead atoms. The van der Waals surface area contributed by atoms with E-state index in [-0.39, 0.29) is 0 Å². The summed E-state index contributed by atoms with van der Waals surface area (Å²) in [6.45, 7) is 1.24. The van der Waals surface area contributed by atoms with Crippen LogP contribution in [-0.2, 0) is 13.0 Å². The second-order valence-corrected chi connectivity index (χ2v) is 5.16. The number of nitrogens with two attached hydrogens (primary N) is 1. The Balaban J connectivity index is 2.12. The predicted octanol–water partition coefficient (Wildman–Crippen LogP) is 3.79. The van der Waals surface area contributed by atoms with E-state index in [1.165, 1.54) is 5.56 Å². The van der Waals surface area contributed by atoms with Crippen LogP contribution >= 0.6 is 11.6 Å². The Morgan fingerprint density at radius 1 is 1.21 bits per heavy atom. The van der Waals surface area contributed by atoms with Gasteiger partial charge < -0.3 is 10.5 Å². The summed E-state index contributed by atoms with van der Waals surface area (Å²) in [7, 11) is 0. The Morgan fingerprint density at radius 2 is 2.11 bits per heavy atom. The van der Waals surface area contributed by atoms with Gasteiger partial charge in [0.2, 0.25) is 0 Å². The van der Waals surface area contributed by atoms with Crippen molar-refractivity contribution >= 4 is 11.6 Å². The first-order valence-corrected chi connectivity index (χ1v) is 6.91. The zero-order valence-corrected chi connectivity index (χ0v) is 11.4. The van der Waals surface area contributed by atoms with Crippen LogP contribution in [0.3, 0.4) is 0 Å². The van der Waals surface area contributed by atoms with Crippen molar-refractivity contribution in [3.63, 3.8) is 0 Å². The number of para-hydroxylation sites is 1. The maximum atomic E-state index is 6.12. The van der Waals surface area contributed by atoms with Crippen LogP contribution in [-0.4, -0.2) is 6.61 Å². The molecule has 19 heavy (non-hydrogen) atoms. The molecular weight excluding hydrogens is 258 g/mol. The molecule has 0 aromatic heterocycles. The van der Waals surface area contributed by atoms with Gasteiger partial charge in [-0.1, -0.05) is 35.9 Å². The zero-order valence-electron chi connectivity index (χ0n) is 10.7. The Bertz CT molecular complexity index is 610. The molecule has 1 aliphatic heterocycles. The highest BCUT2D eigenvalue weighted by molar-refractivity contribution is 6.31. The van der Waals surface area contributed by atoms with Gasteiger partial charge in [0.25, 0.3) is 0 Å². The van der Waals surface area contributed by atoms with E-state index >= 15 is 0 Å². The van der Waals surface area contributed by atoms with Crippen molar-refractivity contribution in [3.05, 3.63) is 52.5 Å². The number of rotatable bonds is 2. The Hall–Kier alpha value is -1.51. The van der Waals surface area contributed by atoms with Crippen LogP contribution in [0.5, 0.6) is 5.75 Å². The molecule has 2 aromatic rings. The van der Waals surface area contributed by atoms with Crippen LogP contribution in [0.2, 0.25) is 5.02 Å². The summed E-state index contributed by atoms with van der Waals surface area (Å²) < 4.78 is 5.85. The molecule has 0 fully saturated rings. The minimum Gasteiger partial charge on any atom is -0.493 e. The molecule has 1 aliphatic rings. The molecule has 0 unspecified atom stereocenters. The maximum Gasteiger partial charge on any atom is 0.130 e. The number of halogens is 1. The van der Waals surface area contributed by atoms with Crippen molar-refractivity contribution < 1.29 is 4.74 Å². The first-order valence-electron chi connectivity index (χ1n) is 6.53. The van der Waals surface area contributed by atoms with E-state index in [4.69, 9.17) is 22.1 Å². The van der Waals surface area contributed by atoms with Gasteiger partial charge >= 0.3 is 0 Å². The Kier molecular flexibility index (Phi) is 3.45. The molecule has 0 saturated carbocycles. The molecule has 0 atom stereocenters. The van der Waals surface area contributed by atoms with Gasteiger partial charge in [-0.2, -0.15) is 0 Å². The molecule has 98 valence electrons. The van der Waals surface area contributed by atoms with E-state index in [2.05, 4.69) is 24.3 Å². The third kappa shape index (κ3) is 2.34. The minimum absolute atomic E-state index is 0.447. The van der Waals surface area contributed by atoms with Gasteiger partial charge in [-0.15, -0.1) is 0 Å². The van der Waals surface area contributed by atoms with Crippen LogP contribution in [0.25, 0.3) is 11.1 Å². The van der Waals surface area contributed by atoms with Crippen molar-refractivity contribution in [3.8, 4) is 16.9 Å². The molecule has 0 saturated heterocycles. The van der Waals surface area contributed by atoms with E-state index in [9.17, 15) is 0 Å². The Labute approximate surface area is 118 Å². The number of benzene rings is 2. The Morgan fingerprint density at radius 3 is 2.95 bits per heavy atom. The molecular formula is C16H16ClNO. The predicted molar refractivity (Wildman–Crippen MR) is 78.6 cm³/mol. The molecule has 2 aromatic carbocycles. The minimum atomic E-state index is 0.447. The van der Waals surface area contributed by atoms with Crippen LogP contribution in [0.1, 0.15) is 17.5 Å². The number of hydrogen-bond donors (Lipinski definition) is 1. The zero-order chi connectivity index (χ0) is 13.2. The lowest BCUT2D eigenvalue weighted by molar-refractivity contribution is 0.289. The summed E-state index contributed by atoms with van der Waals surface area (Å²) in [6, 6.07) is 12.3. The second-order valence-electron chi connectivity index (χ2n) is 4.76. The third-order valence-corrected chi connectivity index (χ3v) is 3.88. The number of hydrogen-bond acceptors (Lipinski definition) is 2. The third-order valence-electron chi connectivity index (χ3n) is 3.51. The summed E-state index contributed by atoms with van der Waals surface area (Å²) in [4.78, 5) is 0. The van der Waals surface area contributed by atoms with Gasteiger partial charge in [0.05, 0.1) is 6.61 Å². The standard InChI is InChI=1S/C16H16ClNO/c17-15-7-6-12(9-13(15)10-18)14-5-1-3-11-4-2-8-19-16(11)14/h1,3,5-7,9H,2,4,8,10,18H2. The highest BCUT2D eigenvalue weighted by atomic mass is 35.5. The lowest BCUT2D eigenvalue weighted by Crippen LogP contribution is -2.09. The number of ether oxygens (including phenoxy) is 1. The molecule has 0 radical (unpaired) electrons. The second kappa shape index (κ2) is 5.24. The molecule has 0 aliphatic carbocycles. The quantitative estimate of drug-likeness (QED) is 0.903. The molecule has 2 N–H and O–H groups in total. The van der Waals surface area contributed by atoms with E-state index in [1.807, 2.05) is 12.1 Å². The molecule has 0 spiro atoms. The monoisotopic (exact) mass is 273 g/mol. The fourth-order valence-electron chi connectivity index (χ4n) is 2.52. The number of fused-ring (bicyclic) bond motifs is 1. The SMILES string of the molecule is NCc1cc(-c2cccc3c2OCCC3)ccc1Cl. The largest absolute Gasteiger partial charge is 0.493 e. The van der Waals surface area contributed by atoms with Crippen molar-refractivity contribution in [1.82, 2.24) is 0 Å². The van der Waals surface area contributed by atoms with Gasteiger partial charge in [0.15, 0.2) is 0 Å². The smallest absolute Gasteiger partial charge is 0.130 e. The van der Waals surface area contributed by atoms with Crippen molar-refractivity contribution in [1.29, 1.82) is 0 Å². The first kappa shape index (κ1) is 12.5. The molecule has 3 rings (SSSR count). The highest BCUT2D eigenvalue weighted by Crippen LogP contribution is 2.37. The lowest BCUT2D eigenvalue weighted by Gasteiger charge is -2.20. The summed E-state index contributed by atoms with van der Waals surface area (Å²) >= 11 is 6.12. The van der Waals surface area contributed by atoms with Crippen LogP contribution < -0.4 is 10.5 Å². The average molecular weight is 274 g/mol. The summed E-state index contributed by atoms with van der Waals surface area (Å²) in [5, 5.41) is 0.719. The van der Waals surface area contributed by atoms with Gasteiger partial charge in [-0.3, -0.25) is 0 Å². The summed E-state index contributed by atoms with van der Waals surface area (Å²) in [5.41, 5.74) is 10.2. The van der Waals surface area contributed by atoms with Crippen LogP contribution in [0, 0.1) is 0 Å². The maximum absolute atomic E-state index is 6.12. The van der Waals surface area contributed by atoms with Crippen molar-refractivity contribution in [2.24, 2.45) is 5.73 Å². The van der Waals surface area contributed by atoms with E-state index in [1.54, 1.807) is 0 Å². The fraction of sp³-hybridized carbons (Fsp3) is 0.250. The molecule has 2 nitrogen and oxygen atoms in total. The lowest BCUT2D eigenvalue weighted by atomic mass is 9.96. The highest BCUT2D eigenvalue weighted by Gasteiger charge is 2.15. The fourth-order valence-corrected chi connectivity index (χ4v) is 2.71. The van der Waals surface area contributed by atoms with Crippen LogP contribution in [0.4, 0.5) is 0 Å². The number of aryl methyl sites for hydroxylation is 1.